The standard InChI is InChI=1S/C12H16N3O/c1-15-7-4-11(5-8-15)14-12(16)10-3-2-6-13-9-10/h2-3,9,11H,4-5,7-8H2,1H3,(H,14,16). The lowest BCUT2D eigenvalue weighted by Gasteiger charge is -2.29. The Morgan fingerprint density at radius 1 is 1.56 bits per heavy atom. The molecule has 85 valence electrons. The lowest BCUT2D eigenvalue weighted by Crippen LogP contribution is -2.43. The van der Waals surface area contributed by atoms with Crippen molar-refractivity contribution in [1.82, 2.24) is 15.2 Å². The van der Waals surface area contributed by atoms with E-state index in [0.29, 0.717) is 11.6 Å². The van der Waals surface area contributed by atoms with Gasteiger partial charge in [-0.1, -0.05) is 0 Å². The van der Waals surface area contributed by atoms with E-state index >= 15 is 0 Å². The van der Waals surface area contributed by atoms with Crippen LogP contribution in [0.1, 0.15) is 23.2 Å². The fourth-order valence-corrected chi connectivity index (χ4v) is 1.88. The van der Waals surface area contributed by atoms with Gasteiger partial charge in [-0.25, -0.2) is 0 Å². The third-order valence-corrected chi connectivity index (χ3v) is 2.93. The molecule has 1 amide bonds. The average molecular weight is 218 g/mol. The third-order valence-electron chi connectivity index (χ3n) is 2.93. The largest absolute Gasteiger partial charge is 0.349 e. The summed E-state index contributed by atoms with van der Waals surface area (Å²) in [6.45, 7) is 2.09. The fraction of sp³-hybridized carbons (Fsp3) is 0.500. The van der Waals surface area contributed by atoms with E-state index < -0.39 is 0 Å². The topological polar surface area (TPSA) is 45.2 Å². The molecule has 1 aliphatic heterocycles. The maximum atomic E-state index is 11.8. The highest BCUT2D eigenvalue weighted by atomic mass is 16.1. The van der Waals surface area contributed by atoms with Gasteiger partial charge in [0.2, 0.25) is 0 Å². The van der Waals surface area contributed by atoms with Crippen LogP contribution < -0.4 is 5.32 Å². The van der Waals surface area contributed by atoms with Crippen molar-refractivity contribution in [2.75, 3.05) is 20.1 Å². The number of nitrogens with one attached hydrogen (secondary N) is 1. The predicted molar refractivity (Wildman–Crippen MR) is 61.1 cm³/mol. The van der Waals surface area contributed by atoms with Gasteiger partial charge in [-0.05, 0) is 45.1 Å². The summed E-state index contributed by atoms with van der Waals surface area (Å²) in [6.07, 6.45) is 6.25. The van der Waals surface area contributed by atoms with Crippen molar-refractivity contribution in [3.8, 4) is 0 Å². The second-order valence-corrected chi connectivity index (χ2v) is 4.23. The maximum Gasteiger partial charge on any atom is 0.253 e. The smallest absolute Gasteiger partial charge is 0.253 e. The van der Waals surface area contributed by atoms with Gasteiger partial charge in [0.15, 0.2) is 0 Å². The molecule has 2 rings (SSSR count). The maximum absolute atomic E-state index is 11.8. The summed E-state index contributed by atoms with van der Waals surface area (Å²) in [4.78, 5) is 17.9. The molecule has 4 nitrogen and oxygen atoms in total. The Bertz CT molecular complexity index is 345. The van der Waals surface area contributed by atoms with Crippen LogP contribution in [0.25, 0.3) is 0 Å². The Labute approximate surface area is 95.7 Å². The van der Waals surface area contributed by atoms with Crippen molar-refractivity contribution in [3.05, 3.63) is 30.1 Å². The van der Waals surface area contributed by atoms with Gasteiger partial charge in [-0.15, -0.1) is 0 Å². The lowest BCUT2D eigenvalue weighted by molar-refractivity contribution is 0.0916. The Kier molecular flexibility index (Phi) is 3.51. The number of carbonyl (C=O) groups is 1. The molecule has 1 N–H and O–H groups in total. The summed E-state index contributed by atoms with van der Waals surface area (Å²) in [5.74, 6) is -0.0314. The molecule has 1 aliphatic rings. The first kappa shape index (κ1) is 11.1. The van der Waals surface area contributed by atoms with Gasteiger partial charge in [0.25, 0.3) is 5.91 Å². The van der Waals surface area contributed by atoms with E-state index in [9.17, 15) is 4.79 Å². The molecule has 0 unspecified atom stereocenters. The Balaban J connectivity index is 1.88. The highest BCUT2D eigenvalue weighted by molar-refractivity contribution is 5.93. The molecule has 0 spiro atoms. The van der Waals surface area contributed by atoms with Crippen LogP contribution in [0.5, 0.6) is 0 Å². The van der Waals surface area contributed by atoms with Crippen molar-refractivity contribution < 1.29 is 4.79 Å². The number of aromatic nitrogens is 1. The minimum absolute atomic E-state index is 0.0314. The molecule has 0 saturated carbocycles. The fourth-order valence-electron chi connectivity index (χ4n) is 1.88. The van der Waals surface area contributed by atoms with Crippen molar-refractivity contribution in [3.63, 3.8) is 0 Å². The molecule has 2 heterocycles. The highest BCUT2D eigenvalue weighted by Crippen LogP contribution is 2.09. The molecule has 0 atom stereocenters. The van der Waals surface area contributed by atoms with E-state index in [1.54, 1.807) is 18.3 Å². The summed E-state index contributed by atoms with van der Waals surface area (Å²) < 4.78 is 0. The minimum atomic E-state index is -0.0314. The highest BCUT2D eigenvalue weighted by Gasteiger charge is 2.18. The summed E-state index contributed by atoms with van der Waals surface area (Å²) in [5, 5.41) is 3.04. The Hall–Kier alpha value is -1.42. The molecule has 0 aliphatic carbocycles. The normalized spacial score (nSPS) is 18.3. The van der Waals surface area contributed by atoms with Crippen LogP contribution >= 0.6 is 0 Å². The van der Waals surface area contributed by atoms with Gasteiger partial charge in [0.05, 0.1) is 11.8 Å². The second kappa shape index (κ2) is 5.07. The molecule has 1 aromatic rings. The van der Waals surface area contributed by atoms with Crippen LogP contribution in [0.15, 0.2) is 18.3 Å². The zero-order chi connectivity index (χ0) is 11.4. The first-order chi connectivity index (χ1) is 7.75. The third kappa shape index (κ3) is 2.79. The lowest BCUT2D eigenvalue weighted by atomic mass is 10.1. The number of hydrogen-bond acceptors (Lipinski definition) is 3. The van der Waals surface area contributed by atoms with Crippen LogP contribution in [-0.2, 0) is 0 Å². The molecular weight excluding hydrogens is 202 g/mol. The van der Waals surface area contributed by atoms with Gasteiger partial charge in [0, 0.05) is 12.2 Å². The van der Waals surface area contributed by atoms with Gasteiger partial charge < -0.3 is 10.2 Å². The quantitative estimate of drug-likeness (QED) is 0.795. The molecule has 4 heteroatoms. The van der Waals surface area contributed by atoms with Crippen LogP contribution in [0, 0.1) is 6.20 Å². The van der Waals surface area contributed by atoms with Gasteiger partial charge in [0.1, 0.15) is 0 Å². The summed E-state index contributed by atoms with van der Waals surface area (Å²) in [6, 6.07) is 3.69. The molecule has 1 radical (unpaired) electrons. The molecule has 0 aromatic carbocycles. The van der Waals surface area contributed by atoms with Crippen molar-refractivity contribution in [1.29, 1.82) is 0 Å². The van der Waals surface area contributed by atoms with Crippen LogP contribution in [0.2, 0.25) is 0 Å². The SMILES string of the molecule is CN1CCC(NC(=O)c2cc[c]nc2)CC1. The van der Waals surface area contributed by atoms with Crippen LogP contribution in [0.4, 0.5) is 0 Å². The molecule has 16 heavy (non-hydrogen) atoms. The van der Waals surface area contributed by atoms with E-state index in [-0.39, 0.29) is 5.91 Å². The van der Waals surface area contributed by atoms with E-state index in [4.69, 9.17) is 0 Å². The zero-order valence-electron chi connectivity index (χ0n) is 9.44. The zero-order valence-corrected chi connectivity index (χ0v) is 9.44. The van der Waals surface area contributed by atoms with Crippen LogP contribution in [-0.4, -0.2) is 42.0 Å². The van der Waals surface area contributed by atoms with E-state index in [1.807, 2.05) is 0 Å². The van der Waals surface area contributed by atoms with E-state index in [0.717, 1.165) is 25.9 Å². The Morgan fingerprint density at radius 2 is 2.31 bits per heavy atom. The number of likely N-dealkylation sites (tertiary alicyclic amines) is 1. The first-order valence-corrected chi connectivity index (χ1v) is 5.57. The number of pyridine rings is 1. The number of carbonyl (C=O) groups excluding carboxylic acids is 1. The summed E-state index contributed by atoms with van der Waals surface area (Å²) in [7, 11) is 2.11. The molecule has 1 aromatic heterocycles. The van der Waals surface area contributed by atoms with Gasteiger partial charge in [-0.3, -0.25) is 9.78 Å². The number of amides is 1. The van der Waals surface area contributed by atoms with E-state index in [1.165, 1.54) is 0 Å². The number of piperidine rings is 1. The average Bonchev–Trinajstić information content (AvgIpc) is 2.33. The first-order valence-electron chi connectivity index (χ1n) is 5.57. The molecule has 0 bridgehead atoms. The van der Waals surface area contributed by atoms with Gasteiger partial charge in [-0.2, -0.15) is 0 Å². The molecular formula is C12H16N3O. The minimum Gasteiger partial charge on any atom is -0.349 e. The summed E-state index contributed by atoms with van der Waals surface area (Å²) in [5.41, 5.74) is 0.609. The second-order valence-electron chi connectivity index (χ2n) is 4.23. The molecule has 1 fully saturated rings. The number of nitrogens with zero attached hydrogens (tertiary/aromatic N) is 2. The van der Waals surface area contributed by atoms with Gasteiger partial charge >= 0.3 is 0 Å². The number of hydrogen-bond donors (Lipinski definition) is 1. The van der Waals surface area contributed by atoms with Crippen molar-refractivity contribution >= 4 is 5.91 Å². The van der Waals surface area contributed by atoms with Crippen molar-refractivity contribution in [2.24, 2.45) is 0 Å². The summed E-state index contributed by atoms with van der Waals surface area (Å²) >= 11 is 0. The molecule has 1 saturated heterocycles. The Morgan fingerprint density at radius 3 is 2.94 bits per heavy atom. The number of rotatable bonds is 2. The monoisotopic (exact) mass is 218 g/mol. The van der Waals surface area contributed by atoms with Crippen LogP contribution in [0.3, 0.4) is 0 Å². The van der Waals surface area contributed by atoms with Crippen molar-refractivity contribution in [2.45, 2.75) is 18.9 Å². The predicted octanol–water partition coefficient (Wildman–Crippen LogP) is 0.706. The van der Waals surface area contributed by atoms with E-state index in [2.05, 4.69) is 28.4 Å².